The van der Waals surface area contributed by atoms with E-state index in [1.165, 1.54) is 12.8 Å². The summed E-state index contributed by atoms with van der Waals surface area (Å²) in [5, 5.41) is 6.26. The van der Waals surface area contributed by atoms with Gasteiger partial charge in [-0.05, 0) is 25.3 Å². The number of fused-ring (bicyclic) bond motifs is 1. The summed E-state index contributed by atoms with van der Waals surface area (Å²) >= 11 is 0. The van der Waals surface area contributed by atoms with E-state index in [1.54, 1.807) is 0 Å². The lowest BCUT2D eigenvalue weighted by molar-refractivity contribution is -0.131. The Morgan fingerprint density at radius 1 is 1.60 bits per heavy atom. The Morgan fingerprint density at radius 3 is 3.13 bits per heavy atom. The summed E-state index contributed by atoms with van der Waals surface area (Å²) in [6, 6.07) is 0. The highest BCUT2D eigenvalue weighted by Gasteiger charge is 2.51. The van der Waals surface area contributed by atoms with Crippen molar-refractivity contribution in [2.75, 3.05) is 26.2 Å². The van der Waals surface area contributed by atoms with Crippen LogP contribution in [0.4, 0.5) is 0 Å². The summed E-state index contributed by atoms with van der Waals surface area (Å²) in [4.78, 5) is 12.0. The minimum absolute atomic E-state index is 0. The van der Waals surface area contributed by atoms with Gasteiger partial charge in [-0.1, -0.05) is 6.42 Å². The number of nitrogens with two attached hydrogens (primary N) is 1. The number of carbonyl (C=O) groups excluding carboxylic acids is 1. The van der Waals surface area contributed by atoms with Gasteiger partial charge >= 0.3 is 0 Å². The van der Waals surface area contributed by atoms with Crippen molar-refractivity contribution in [1.29, 1.82) is 0 Å². The molecule has 88 valence electrons. The van der Waals surface area contributed by atoms with E-state index in [-0.39, 0.29) is 23.7 Å². The van der Waals surface area contributed by atoms with Crippen molar-refractivity contribution in [3.05, 3.63) is 0 Å². The maximum atomic E-state index is 12.0. The third kappa shape index (κ3) is 2.12. The van der Waals surface area contributed by atoms with Crippen LogP contribution in [0.15, 0.2) is 0 Å². The van der Waals surface area contributed by atoms with Gasteiger partial charge in [-0.25, -0.2) is 0 Å². The third-order valence-electron chi connectivity index (χ3n) is 3.67. The van der Waals surface area contributed by atoms with Gasteiger partial charge in [0.05, 0.1) is 5.41 Å². The molecule has 1 aliphatic carbocycles. The van der Waals surface area contributed by atoms with Crippen LogP contribution in [0, 0.1) is 11.3 Å². The van der Waals surface area contributed by atoms with E-state index in [1.807, 2.05) is 0 Å². The molecule has 1 aliphatic heterocycles. The Labute approximate surface area is 96.8 Å². The Hall–Kier alpha value is -0.320. The van der Waals surface area contributed by atoms with E-state index in [9.17, 15) is 4.79 Å². The molecule has 5 heteroatoms. The second kappa shape index (κ2) is 5.14. The molecule has 1 amide bonds. The van der Waals surface area contributed by atoms with E-state index in [4.69, 9.17) is 5.73 Å². The smallest absolute Gasteiger partial charge is 0.227 e. The highest BCUT2D eigenvalue weighted by Crippen LogP contribution is 2.45. The van der Waals surface area contributed by atoms with Crippen molar-refractivity contribution in [2.24, 2.45) is 17.1 Å². The second-order valence-corrected chi connectivity index (χ2v) is 4.42. The minimum atomic E-state index is -0.102. The molecule has 0 radical (unpaired) electrons. The van der Waals surface area contributed by atoms with Crippen LogP contribution in [-0.4, -0.2) is 32.1 Å². The molecule has 2 atom stereocenters. The van der Waals surface area contributed by atoms with Gasteiger partial charge in [0.1, 0.15) is 0 Å². The monoisotopic (exact) mass is 233 g/mol. The van der Waals surface area contributed by atoms with Gasteiger partial charge in [-0.3, -0.25) is 4.79 Å². The quantitative estimate of drug-likeness (QED) is 0.637. The first kappa shape index (κ1) is 12.7. The van der Waals surface area contributed by atoms with Crippen LogP contribution in [-0.2, 0) is 4.79 Å². The summed E-state index contributed by atoms with van der Waals surface area (Å²) < 4.78 is 0. The predicted molar refractivity (Wildman–Crippen MR) is 62.0 cm³/mol. The zero-order valence-corrected chi connectivity index (χ0v) is 9.74. The van der Waals surface area contributed by atoms with Gasteiger partial charge in [-0.2, -0.15) is 0 Å². The second-order valence-electron chi connectivity index (χ2n) is 4.42. The topological polar surface area (TPSA) is 67.1 Å². The van der Waals surface area contributed by atoms with Crippen LogP contribution < -0.4 is 16.4 Å². The van der Waals surface area contributed by atoms with Crippen molar-refractivity contribution in [2.45, 2.75) is 19.3 Å². The third-order valence-corrected chi connectivity index (χ3v) is 3.67. The molecule has 0 aromatic carbocycles. The molecule has 4 nitrogen and oxygen atoms in total. The molecular weight excluding hydrogens is 214 g/mol. The normalized spacial score (nSPS) is 33.3. The minimum Gasteiger partial charge on any atom is -0.354 e. The van der Waals surface area contributed by atoms with Crippen molar-refractivity contribution in [3.63, 3.8) is 0 Å². The maximum Gasteiger partial charge on any atom is 0.227 e. The van der Waals surface area contributed by atoms with Crippen LogP contribution in [0.25, 0.3) is 0 Å². The molecule has 0 spiro atoms. The predicted octanol–water partition coefficient (Wildman–Crippen LogP) is -0.127. The Kier molecular flexibility index (Phi) is 4.37. The number of hydrogen-bond acceptors (Lipinski definition) is 3. The molecule has 1 saturated heterocycles. The van der Waals surface area contributed by atoms with Gasteiger partial charge in [0.2, 0.25) is 5.91 Å². The molecule has 1 saturated carbocycles. The summed E-state index contributed by atoms with van der Waals surface area (Å²) in [5.74, 6) is 0.774. The molecule has 1 heterocycles. The molecule has 2 fully saturated rings. The number of amides is 1. The van der Waals surface area contributed by atoms with E-state index in [0.29, 0.717) is 19.0 Å². The summed E-state index contributed by atoms with van der Waals surface area (Å²) in [6.45, 7) is 3.00. The zero-order chi connectivity index (χ0) is 10.0. The molecule has 2 aliphatic rings. The Bertz CT molecular complexity index is 225. The zero-order valence-electron chi connectivity index (χ0n) is 8.92. The van der Waals surface area contributed by atoms with Gasteiger partial charge in [0.25, 0.3) is 0 Å². The Morgan fingerprint density at radius 2 is 2.40 bits per heavy atom. The van der Waals surface area contributed by atoms with E-state index in [2.05, 4.69) is 10.6 Å². The summed E-state index contributed by atoms with van der Waals surface area (Å²) in [6.07, 6.45) is 3.44. The van der Waals surface area contributed by atoms with Crippen molar-refractivity contribution >= 4 is 18.3 Å². The molecule has 0 unspecified atom stereocenters. The van der Waals surface area contributed by atoms with E-state index < -0.39 is 0 Å². The van der Waals surface area contributed by atoms with Crippen molar-refractivity contribution in [3.8, 4) is 0 Å². The maximum absolute atomic E-state index is 12.0. The first-order valence-corrected chi connectivity index (χ1v) is 5.49. The molecule has 15 heavy (non-hydrogen) atoms. The van der Waals surface area contributed by atoms with Crippen LogP contribution in [0.3, 0.4) is 0 Å². The molecular formula is C10H20ClN3O. The standard InChI is InChI=1S/C10H19N3O.ClH/c11-4-5-13-9(14)10-3-1-2-8(10)6-12-7-10;/h8,12H,1-7,11H2,(H,13,14);1H/t8-,10-;/m1./s1. The van der Waals surface area contributed by atoms with Crippen molar-refractivity contribution < 1.29 is 4.79 Å². The largest absolute Gasteiger partial charge is 0.354 e. The van der Waals surface area contributed by atoms with Gasteiger partial charge < -0.3 is 16.4 Å². The van der Waals surface area contributed by atoms with Crippen LogP contribution in [0.1, 0.15) is 19.3 Å². The molecule has 2 rings (SSSR count). The Balaban J connectivity index is 0.00000112. The first-order valence-electron chi connectivity index (χ1n) is 5.49. The SMILES string of the molecule is Cl.NCCNC(=O)[C@@]12CCC[C@@H]1CNC2. The van der Waals surface area contributed by atoms with E-state index in [0.717, 1.165) is 19.5 Å². The van der Waals surface area contributed by atoms with Crippen LogP contribution in [0.5, 0.6) is 0 Å². The average Bonchev–Trinajstić information content (AvgIpc) is 2.72. The lowest BCUT2D eigenvalue weighted by Gasteiger charge is -2.26. The fourth-order valence-electron chi connectivity index (χ4n) is 2.88. The number of hydrogen-bond donors (Lipinski definition) is 3. The fourth-order valence-corrected chi connectivity index (χ4v) is 2.88. The highest BCUT2D eigenvalue weighted by molar-refractivity contribution is 5.85. The lowest BCUT2D eigenvalue weighted by atomic mass is 9.80. The number of rotatable bonds is 3. The summed E-state index contributed by atoms with van der Waals surface area (Å²) in [7, 11) is 0. The number of halogens is 1. The fraction of sp³-hybridized carbons (Fsp3) is 0.900. The highest BCUT2D eigenvalue weighted by atomic mass is 35.5. The van der Waals surface area contributed by atoms with Crippen LogP contribution in [0.2, 0.25) is 0 Å². The molecule has 0 aromatic rings. The van der Waals surface area contributed by atoms with E-state index >= 15 is 0 Å². The number of carbonyl (C=O) groups is 1. The summed E-state index contributed by atoms with van der Waals surface area (Å²) in [5.41, 5.74) is 5.28. The van der Waals surface area contributed by atoms with Gasteiger partial charge in [-0.15, -0.1) is 12.4 Å². The lowest BCUT2D eigenvalue weighted by Crippen LogP contribution is -2.45. The van der Waals surface area contributed by atoms with Crippen LogP contribution >= 0.6 is 12.4 Å². The molecule has 4 N–H and O–H groups in total. The average molecular weight is 234 g/mol. The molecule has 0 bridgehead atoms. The molecule has 0 aromatic heterocycles. The van der Waals surface area contributed by atoms with Gasteiger partial charge in [0.15, 0.2) is 0 Å². The first-order chi connectivity index (χ1) is 6.79. The van der Waals surface area contributed by atoms with Gasteiger partial charge in [0, 0.05) is 19.6 Å². The number of nitrogens with one attached hydrogen (secondary N) is 2. The van der Waals surface area contributed by atoms with Crippen molar-refractivity contribution in [1.82, 2.24) is 10.6 Å².